The van der Waals surface area contributed by atoms with Crippen LogP contribution in [-0.2, 0) is 16.8 Å². The molecule has 1 aliphatic heterocycles. The second kappa shape index (κ2) is 6.56. The largest absolute Gasteiger partial charge is 0.282 e. The molecule has 6 heteroatoms. The molecule has 1 fully saturated rings. The monoisotopic (exact) mass is 360 g/mol. The van der Waals surface area contributed by atoms with Crippen molar-refractivity contribution in [2.24, 2.45) is 5.92 Å². The second-order valence-corrected chi connectivity index (χ2v) is 8.43. The zero-order valence-electron chi connectivity index (χ0n) is 11.9. The van der Waals surface area contributed by atoms with Crippen molar-refractivity contribution in [2.75, 3.05) is 20.1 Å². The Kier molecular flexibility index (Phi) is 5.23. The first-order valence-corrected chi connectivity index (χ1v) is 9.04. The Hall–Kier alpha value is -0.430. The van der Waals surface area contributed by atoms with Crippen LogP contribution in [0.15, 0.2) is 28.7 Å². The van der Waals surface area contributed by atoms with Crippen LogP contribution in [-0.4, -0.2) is 37.2 Å². The van der Waals surface area contributed by atoms with Crippen molar-refractivity contribution in [3.63, 3.8) is 0 Å². The number of nitrogens with zero attached hydrogens (tertiary/aromatic N) is 2. The highest BCUT2D eigenvalue weighted by Gasteiger charge is 2.29. The molecule has 0 aliphatic carbocycles. The lowest BCUT2D eigenvalue weighted by molar-refractivity contribution is 0.269. The smallest absolute Gasteiger partial charge is 0.195 e. The van der Waals surface area contributed by atoms with Gasteiger partial charge in [-0.25, -0.2) is 0 Å². The molecule has 1 saturated heterocycles. The Morgan fingerprint density at radius 2 is 2.00 bits per heavy atom. The van der Waals surface area contributed by atoms with Crippen molar-refractivity contribution in [3.8, 4) is 0 Å². The molecule has 0 amide bonds. The summed E-state index contributed by atoms with van der Waals surface area (Å²) in [5, 5.41) is 0. The van der Waals surface area contributed by atoms with Gasteiger partial charge < -0.3 is 0 Å². The van der Waals surface area contributed by atoms with Gasteiger partial charge in [0.1, 0.15) is 0 Å². The van der Waals surface area contributed by atoms with Crippen LogP contribution in [0.1, 0.15) is 25.3 Å². The van der Waals surface area contributed by atoms with Gasteiger partial charge in [0.05, 0.1) is 0 Å². The molecule has 20 heavy (non-hydrogen) atoms. The predicted molar refractivity (Wildman–Crippen MR) is 84.5 cm³/mol. The average molecular weight is 361 g/mol. The summed E-state index contributed by atoms with van der Waals surface area (Å²) < 4.78 is 29.0. The minimum absolute atomic E-state index is 0.397. The summed E-state index contributed by atoms with van der Waals surface area (Å²) in [6.07, 6.45) is 1.90. The van der Waals surface area contributed by atoms with Crippen molar-refractivity contribution in [2.45, 2.75) is 26.3 Å². The second-order valence-electron chi connectivity index (χ2n) is 5.48. The average Bonchev–Trinajstić information content (AvgIpc) is 2.39. The Morgan fingerprint density at radius 3 is 2.60 bits per heavy atom. The third-order valence-corrected chi connectivity index (χ3v) is 6.18. The van der Waals surface area contributed by atoms with Gasteiger partial charge in [-0.3, -0.25) is 0 Å². The number of rotatable bonds is 4. The standard InChI is InChI=1S/C14H21BrN2O2S/c1-12-6-8-17(9-7-12)20(18,19)16(2)11-13-4-3-5-14(15)10-13/h3-5,10,12H,6-9,11H2,1-2H3. The van der Waals surface area contributed by atoms with Gasteiger partial charge >= 0.3 is 0 Å². The van der Waals surface area contributed by atoms with Crippen molar-refractivity contribution in [3.05, 3.63) is 34.3 Å². The van der Waals surface area contributed by atoms with Gasteiger partial charge in [-0.05, 0) is 36.5 Å². The van der Waals surface area contributed by atoms with Crippen LogP contribution in [0.5, 0.6) is 0 Å². The Morgan fingerprint density at radius 1 is 1.35 bits per heavy atom. The van der Waals surface area contributed by atoms with Gasteiger partial charge in [0.2, 0.25) is 0 Å². The lowest BCUT2D eigenvalue weighted by Crippen LogP contribution is -2.45. The molecule has 0 bridgehead atoms. The number of hydrogen-bond donors (Lipinski definition) is 0. The predicted octanol–water partition coefficient (Wildman–Crippen LogP) is 2.86. The maximum atomic E-state index is 12.5. The van der Waals surface area contributed by atoms with Crippen LogP contribution in [0.2, 0.25) is 0 Å². The van der Waals surface area contributed by atoms with Gasteiger partial charge in [-0.2, -0.15) is 17.0 Å². The topological polar surface area (TPSA) is 40.6 Å². The molecule has 0 atom stereocenters. The molecule has 1 aliphatic rings. The molecule has 1 heterocycles. The van der Waals surface area contributed by atoms with E-state index in [2.05, 4.69) is 22.9 Å². The van der Waals surface area contributed by atoms with Gasteiger partial charge in [0.15, 0.2) is 0 Å². The molecule has 112 valence electrons. The maximum absolute atomic E-state index is 12.5. The molecule has 0 radical (unpaired) electrons. The zero-order chi connectivity index (χ0) is 14.8. The lowest BCUT2D eigenvalue weighted by atomic mass is 10.0. The van der Waals surface area contributed by atoms with Crippen LogP contribution in [0.3, 0.4) is 0 Å². The van der Waals surface area contributed by atoms with E-state index in [4.69, 9.17) is 0 Å². The van der Waals surface area contributed by atoms with Gasteiger partial charge in [0, 0.05) is 31.2 Å². The first-order valence-electron chi connectivity index (χ1n) is 6.85. The molecular formula is C14H21BrN2O2S. The number of hydrogen-bond acceptors (Lipinski definition) is 2. The third kappa shape index (κ3) is 3.81. The van der Waals surface area contributed by atoms with Crippen molar-refractivity contribution in [1.82, 2.24) is 8.61 Å². The summed E-state index contributed by atoms with van der Waals surface area (Å²) in [5.41, 5.74) is 0.982. The van der Waals surface area contributed by atoms with Crippen molar-refractivity contribution < 1.29 is 8.42 Å². The van der Waals surface area contributed by atoms with E-state index in [-0.39, 0.29) is 0 Å². The van der Waals surface area contributed by atoms with Gasteiger partial charge in [-0.15, -0.1) is 0 Å². The minimum atomic E-state index is -3.35. The number of piperidine rings is 1. The molecule has 0 aromatic heterocycles. The third-order valence-electron chi connectivity index (χ3n) is 3.76. The summed E-state index contributed by atoms with van der Waals surface area (Å²) in [7, 11) is -1.70. The first-order chi connectivity index (χ1) is 9.39. The minimum Gasteiger partial charge on any atom is -0.195 e. The quantitative estimate of drug-likeness (QED) is 0.828. The SMILES string of the molecule is CC1CCN(S(=O)(=O)N(C)Cc2cccc(Br)c2)CC1. The molecule has 0 unspecified atom stereocenters. The van der Waals surface area contributed by atoms with E-state index in [1.54, 1.807) is 11.4 Å². The summed E-state index contributed by atoms with van der Waals surface area (Å²) in [6.45, 7) is 3.83. The molecule has 4 nitrogen and oxygen atoms in total. The Bertz CT molecular complexity index is 554. The Balaban J connectivity index is 2.05. The molecule has 1 aromatic carbocycles. The summed E-state index contributed by atoms with van der Waals surface area (Å²) in [4.78, 5) is 0. The molecule has 0 saturated carbocycles. The van der Waals surface area contributed by atoms with Crippen LogP contribution in [0.4, 0.5) is 0 Å². The molecular weight excluding hydrogens is 340 g/mol. The van der Waals surface area contributed by atoms with Gasteiger partial charge in [-0.1, -0.05) is 35.0 Å². The molecule has 2 rings (SSSR count). The van der Waals surface area contributed by atoms with Crippen molar-refractivity contribution in [1.29, 1.82) is 0 Å². The summed E-state index contributed by atoms with van der Waals surface area (Å²) >= 11 is 3.41. The number of halogens is 1. The van der Waals surface area contributed by atoms with E-state index in [0.29, 0.717) is 25.6 Å². The van der Waals surface area contributed by atoms with E-state index in [1.165, 1.54) is 4.31 Å². The van der Waals surface area contributed by atoms with E-state index in [1.807, 2.05) is 24.3 Å². The maximum Gasteiger partial charge on any atom is 0.282 e. The molecule has 0 spiro atoms. The highest BCUT2D eigenvalue weighted by molar-refractivity contribution is 9.10. The fourth-order valence-electron chi connectivity index (χ4n) is 2.39. The summed E-state index contributed by atoms with van der Waals surface area (Å²) in [6, 6.07) is 7.74. The normalized spacial score (nSPS) is 18.6. The Labute approximate surface area is 130 Å². The first kappa shape index (κ1) is 15.9. The highest BCUT2D eigenvalue weighted by Crippen LogP contribution is 2.21. The molecule has 1 aromatic rings. The van der Waals surface area contributed by atoms with Crippen molar-refractivity contribution >= 4 is 26.1 Å². The van der Waals surface area contributed by atoms with E-state index in [9.17, 15) is 8.42 Å². The van der Waals surface area contributed by atoms with Crippen LogP contribution in [0.25, 0.3) is 0 Å². The van der Waals surface area contributed by atoms with Crippen LogP contribution >= 0.6 is 15.9 Å². The zero-order valence-corrected chi connectivity index (χ0v) is 14.3. The fraction of sp³-hybridized carbons (Fsp3) is 0.571. The van der Waals surface area contributed by atoms with E-state index < -0.39 is 10.2 Å². The highest BCUT2D eigenvalue weighted by atomic mass is 79.9. The molecule has 0 N–H and O–H groups in total. The lowest BCUT2D eigenvalue weighted by Gasteiger charge is -2.32. The van der Waals surface area contributed by atoms with E-state index >= 15 is 0 Å². The fourth-order valence-corrected chi connectivity index (χ4v) is 4.21. The summed E-state index contributed by atoms with van der Waals surface area (Å²) in [5.74, 6) is 0.622. The van der Waals surface area contributed by atoms with Crippen LogP contribution < -0.4 is 0 Å². The van der Waals surface area contributed by atoms with Gasteiger partial charge in [0.25, 0.3) is 10.2 Å². The number of benzene rings is 1. The van der Waals surface area contributed by atoms with Crippen LogP contribution in [0, 0.1) is 5.92 Å². The van der Waals surface area contributed by atoms with E-state index in [0.717, 1.165) is 22.9 Å².